The molecular formula is C48H68N14O6. The van der Waals surface area contributed by atoms with Crippen LogP contribution in [0.25, 0.3) is 43.9 Å². The standard InChI is InChI=1S/C48H68N14O6/c1-3-5-17-37-59-41-43(33-13-7-9-15-35(33)57-45(41)49)61(37)27-31-67-29-25-55-47(65)53-23-21-51-39(63)19-11-12-20-40(64)52-22-24-54-48(66)56-26-30-68-32-28-62-38(18-6-4-2)60-42-44(62)34-14-8-10-16-36(34)58-46(42)50/h7-10,13-16H,3-6,11-12,17-32H2,1-2H3,(H2,49,57)(H2,50,58)(H,51,63)(H,52,64)(H2,53,55,65)(H2,54,56,66). The number of nitrogen functional groups attached to an aromatic ring is 2. The van der Waals surface area contributed by atoms with Gasteiger partial charge in [0.05, 0.1) is 48.5 Å². The molecule has 0 atom stereocenters. The van der Waals surface area contributed by atoms with Crippen molar-refractivity contribution >= 4 is 79.4 Å². The van der Waals surface area contributed by atoms with Crippen molar-refractivity contribution in [1.29, 1.82) is 0 Å². The number of aromatic nitrogens is 6. The average Bonchev–Trinajstić information content (AvgIpc) is 3.90. The number of fused-ring (bicyclic) bond motifs is 6. The van der Waals surface area contributed by atoms with E-state index >= 15 is 0 Å². The molecule has 0 aliphatic rings. The highest BCUT2D eigenvalue weighted by molar-refractivity contribution is 6.07. The van der Waals surface area contributed by atoms with Crippen LogP contribution in [0.15, 0.2) is 48.5 Å². The normalized spacial score (nSPS) is 11.4. The van der Waals surface area contributed by atoms with E-state index in [9.17, 15) is 19.2 Å². The Bertz CT molecular complexity index is 2440. The number of pyridine rings is 2. The topological polar surface area (TPSA) is 272 Å². The quantitative estimate of drug-likeness (QED) is 0.0303. The average molecular weight is 937 g/mol. The van der Waals surface area contributed by atoms with E-state index in [0.717, 1.165) is 83.0 Å². The fourth-order valence-electron chi connectivity index (χ4n) is 7.96. The summed E-state index contributed by atoms with van der Waals surface area (Å²) in [4.78, 5) is 67.8. The van der Waals surface area contributed by atoms with E-state index < -0.39 is 0 Å². The molecule has 2 aromatic carbocycles. The first-order valence-corrected chi connectivity index (χ1v) is 24.0. The Labute approximate surface area is 396 Å². The molecule has 20 nitrogen and oxygen atoms in total. The van der Waals surface area contributed by atoms with Crippen LogP contribution in [-0.2, 0) is 45.0 Å². The van der Waals surface area contributed by atoms with E-state index in [1.807, 2.05) is 48.5 Å². The minimum absolute atomic E-state index is 0.155. The summed E-state index contributed by atoms with van der Waals surface area (Å²) in [6.07, 6.45) is 7.36. The van der Waals surface area contributed by atoms with Gasteiger partial charge >= 0.3 is 12.1 Å². The van der Waals surface area contributed by atoms with Crippen LogP contribution in [0.2, 0.25) is 0 Å². The second-order valence-electron chi connectivity index (χ2n) is 16.5. The number of ether oxygens (including phenoxy) is 2. The van der Waals surface area contributed by atoms with Gasteiger partial charge in [-0.05, 0) is 37.8 Å². The Kier molecular flexibility index (Phi) is 19.7. The lowest BCUT2D eigenvalue weighted by atomic mass is 10.2. The number of rotatable bonds is 29. The predicted molar refractivity (Wildman–Crippen MR) is 265 cm³/mol. The second kappa shape index (κ2) is 26.5. The molecule has 0 saturated heterocycles. The highest BCUT2D eigenvalue weighted by Gasteiger charge is 2.19. The molecular weight excluding hydrogens is 869 g/mol. The number of nitrogens with zero attached hydrogens (tertiary/aromatic N) is 6. The van der Waals surface area contributed by atoms with Gasteiger partial charge in [-0.25, -0.2) is 29.5 Å². The van der Waals surface area contributed by atoms with Crippen molar-refractivity contribution in [3.63, 3.8) is 0 Å². The lowest BCUT2D eigenvalue weighted by molar-refractivity contribution is -0.123. The van der Waals surface area contributed by atoms with Crippen molar-refractivity contribution in [2.24, 2.45) is 0 Å². The van der Waals surface area contributed by atoms with Gasteiger partial charge in [0.1, 0.15) is 22.7 Å². The molecule has 0 aliphatic carbocycles. The summed E-state index contributed by atoms with van der Waals surface area (Å²) in [6, 6.07) is 15.1. The number of urea groups is 2. The summed E-state index contributed by atoms with van der Waals surface area (Å²) in [7, 11) is 0. The lowest BCUT2D eigenvalue weighted by Crippen LogP contribution is -2.41. The van der Waals surface area contributed by atoms with Crippen molar-refractivity contribution in [3.05, 3.63) is 60.2 Å². The van der Waals surface area contributed by atoms with Crippen molar-refractivity contribution in [2.75, 3.05) is 77.2 Å². The Morgan fingerprint density at radius 3 is 1.34 bits per heavy atom. The van der Waals surface area contributed by atoms with Crippen LogP contribution in [0, 0.1) is 0 Å². The maximum absolute atomic E-state index is 12.3. The van der Waals surface area contributed by atoms with E-state index in [1.54, 1.807) is 0 Å². The number of amides is 6. The first kappa shape index (κ1) is 50.6. The number of anilines is 2. The Hall–Kier alpha value is -6.80. The molecule has 6 aromatic rings. The fourth-order valence-corrected chi connectivity index (χ4v) is 7.96. The smallest absolute Gasteiger partial charge is 0.314 e. The van der Waals surface area contributed by atoms with Crippen LogP contribution in [0.1, 0.15) is 76.9 Å². The molecule has 4 aromatic heterocycles. The number of nitrogens with two attached hydrogens (primary N) is 2. The molecule has 20 heteroatoms. The molecule has 0 fully saturated rings. The van der Waals surface area contributed by atoms with Crippen molar-refractivity contribution in [2.45, 2.75) is 91.1 Å². The van der Waals surface area contributed by atoms with Gasteiger partial charge in [-0.2, -0.15) is 0 Å². The SMILES string of the molecule is CCCCc1nc2c(N)nc3ccccc3c2n1CCOCCNC(=O)NCCNC(=O)CCCCC(=O)NCCNC(=O)NCCOCCn1c(CCCC)nc2c(N)nc3ccccc3c21. The molecule has 6 rings (SSSR count). The summed E-state index contributed by atoms with van der Waals surface area (Å²) in [5.41, 5.74) is 17.6. The minimum atomic E-state index is -0.353. The van der Waals surface area contributed by atoms with Gasteiger partial charge in [0.2, 0.25) is 11.8 Å². The molecule has 68 heavy (non-hydrogen) atoms. The van der Waals surface area contributed by atoms with E-state index in [4.69, 9.17) is 30.9 Å². The van der Waals surface area contributed by atoms with E-state index in [2.05, 4.69) is 64.9 Å². The maximum atomic E-state index is 12.3. The summed E-state index contributed by atoms with van der Waals surface area (Å²) in [6.45, 7) is 8.72. The van der Waals surface area contributed by atoms with Crippen LogP contribution < -0.4 is 43.4 Å². The summed E-state index contributed by atoms with van der Waals surface area (Å²) in [5.74, 6) is 2.43. The maximum Gasteiger partial charge on any atom is 0.314 e. The number of carbonyl (C=O) groups is 4. The first-order valence-electron chi connectivity index (χ1n) is 24.0. The molecule has 4 heterocycles. The number of imidazole rings is 2. The Morgan fingerprint density at radius 1 is 0.515 bits per heavy atom. The zero-order chi connectivity index (χ0) is 48.1. The van der Waals surface area contributed by atoms with Crippen LogP contribution >= 0.6 is 0 Å². The summed E-state index contributed by atoms with van der Waals surface area (Å²) in [5, 5.41) is 18.5. The molecule has 0 spiro atoms. The van der Waals surface area contributed by atoms with Crippen LogP contribution in [0.3, 0.4) is 0 Å². The number of benzene rings is 2. The number of para-hydroxylation sites is 2. The molecule has 0 radical (unpaired) electrons. The Morgan fingerprint density at radius 2 is 0.912 bits per heavy atom. The monoisotopic (exact) mass is 937 g/mol. The third kappa shape index (κ3) is 14.4. The third-order valence-electron chi connectivity index (χ3n) is 11.4. The highest BCUT2D eigenvalue weighted by Crippen LogP contribution is 2.31. The summed E-state index contributed by atoms with van der Waals surface area (Å²) >= 11 is 0. The fraction of sp³-hybridized carbons (Fsp3) is 0.500. The number of hydrogen-bond donors (Lipinski definition) is 8. The van der Waals surface area contributed by atoms with Gasteiger partial charge in [0, 0.05) is 88.8 Å². The number of carbonyl (C=O) groups excluding carboxylic acids is 4. The largest absolute Gasteiger partial charge is 0.382 e. The number of unbranched alkanes of at least 4 members (excludes halogenated alkanes) is 3. The zero-order valence-corrected chi connectivity index (χ0v) is 39.5. The minimum Gasteiger partial charge on any atom is -0.382 e. The molecule has 0 unspecified atom stereocenters. The lowest BCUT2D eigenvalue weighted by Gasteiger charge is -2.12. The van der Waals surface area contributed by atoms with Crippen molar-refractivity contribution in [3.8, 4) is 0 Å². The van der Waals surface area contributed by atoms with Crippen LogP contribution in [0.5, 0.6) is 0 Å². The first-order chi connectivity index (χ1) is 33.2. The highest BCUT2D eigenvalue weighted by atomic mass is 16.5. The van der Waals surface area contributed by atoms with Gasteiger partial charge in [-0.3, -0.25) is 9.59 Å². The van der Waals surface area contributed by atoms with E-state index in [-0.39, 0.29) is 62.9 Å². The second-order valence-corrected chi connectivity index (χ2v) is 16.5. The predicted octanol–water partition coefficient (Wildman–Crippen LogP) is 4.46. The van der Waals surface area contributed by atoms with Gasteiger partial charge in [-0.1, -0.05) is 63.1 Å². The number of hydrogen-bond acceptors (Lipinski definition) is 12. The van der Waals surface area contributed by atoms with Crippen molar-refractivity contribution < 1.29 is 28.7 Å². The van der Waals surface area contributed by atoms with E-state index in [0.29, 0.717) is 88.1 Å². The molecule has 0 saturated carbocycles. The molecule has 6 amide bonds. The third-order valence-corrected chi connectivity index (χ3v) is 11.4. The van der Waals surface area contributed by atoms with Crippen LogP contribution in [0.4, 0.5) is 21.2 Å². The van der Waals surface area contributed by atoms with Gasteiger partial charge in [0.25, 0.3) is 0 Å². The molecule has 366 valence electrons. The molecule has 10 N–H and O–H groups in total. The van der Waals surface area contributed by atoms with Crippen LogP contribution in [-0.4, -0.2) is 119 Å². The van der Waals surface area contributed by atoms with Gasteiger partial charge < -0.3 is 62.0 Å². The Balaban J connectivity index is 0.744. The number of aryl methyl sites for hydroxylation is 2. The summed E-state index contributed by atoms with van der Waals surface area (Å²) < 4.78 is 16.1. The number of nitrogens with one attached hydrogen (secondary N) is 6. The van der Waals surface area contributed by atoms with Gasteiger partial charge in [0.15, 0.2) is 11.6 Å². The van der Waals surface area contributed by atoms with E-state index in [1.165, 1.54) is 0 Å². The van der Waals surface area contributed by atoms with Crippen molar-refractivity contribution in [1.82, 2.24) is 61.0 Å². The molecule has 0 aliphatic heterocycles. The molecule has 0 bridgehead atoms. The van der Waals surface area contributed by atoms with Gasteiger partial charge in [-0.15, -0.1) is 0 Å². The zero-order valence-electron chi connectivity index (χ0n) is 39.5.